The van der Waals surface area contributed by atoms with Crippen LogP contribution in [0.1, 0.15) is 30.2 Å². The minimum Gasteiger partial charge on any atom is -0.481 e. The van der Waals surface area contributed by atoms with Crippen LogP contribution < -0.4 is 5.01 Å². The quantitative estimate of drug-likeness (QED) is 0.748. The molecule has 30 heavy (non-hydrogen) atoms. The van der Waals surface area contributed by atoms with Gasteiger partial charge in [0.25, 0.3) is 0 Å². The van der Waals surface area contributed by atoms with Crippen LogP contribution in [-0.2, 0) is 4.79 Å². The number of likely N-dealkylation sites (N-methyl/N-ethyl adjacent to an activating group) is 1. The van der Waals surface area contributed by atoms with Gasteiger partial charge >= 0.3 is 5.97 Å². The summed E-state index contributed by atoms with van der Waals surface area (Å²) in [6.07, 6.45) is 0.490. The SMILES string of the molecule is C/C(CCC(=O)O)=N/N1c2ccccc2N=C(N2CCN(C)CC2)c2cc(C)sc21. The lowest BCUT2D eigenvalue weighted by Crippen LogP contribution is -2.47. The minimum absolute atomic E-state index is 0.0736. The molecule has 0 bridgehead atoms. The molecule has 2 aromatic rings. The number of thiophene rings is 1. The van der Waals surface area contributed by atoms with Crippen molar-refractivity contribution >= 4 is 45.2 Å². The van der Waals surface area contributed by atoms with Crippen molar-refractivity contribution in [3.63, 3.8) is 0 Å². The van der Waals surface area contributed by atoms with Gasteiger partial charge in [-0.3, -0.25) is 4.79 Å². The first-order chi connectivity index (χ1) is 14.4. The van der Waals surface area contributed by atoms with E-state index in [-0.39, 0.29) is 6.42 Å². The minimum atomic E-state index is -0.811. The number of hydrogen-bond donors (Lipinski definition) is 1. The number of carbonyl (C=O) groups is 1. The van der Waals surface area contributed by atoms with Crippen molar-refractivity contribution in [2.75, 3.05) is 38.2 Å². The summed E-state index contributed by atoms with van der Waals surface area (Å²) in [5.74, 6) is 0.185. The maximum absolute atomic E-state index is 11.0. The zero-order chi connectivity index (χ0) is 21.3. The Hall–Kier alpha value is -2.71. The summed E-state index contributed by atoms with van der Waals surface area (Å²) in [6, 6.07) is 10.2. The largest absolute Gasteiger partial charge is 0.481 e. The van der Waals surface area contributed by atoms with E-state index in [1.54, 1.807) is 11.3 Å². The predicted molar refractivity (Wildman–Crippen MR) is 123 cm³/mol. The van der Waals surface area contributed by atoms with E-state index in [2.05, 4.69) is 29.8 Å². The lowest BCUT2D eigenvalue weighted by atomic mass is 10.2. The first kappa shape index (κ1) is 20.6. The van der Waals surface area contributed by atoms with Gasteiger partial charge in [0.15, 0.2) is 0 Å². The second-order valence-electron chi connectivity index (χ2n) is 7.83. The number of carboxylic acid groups (broad SMARTS) is 1. The van der Waals surface area contributed by atoms with Gasteiger partial charge in [-0.25, -0.2) is 10.0 Å². The van der Waals surface area contributed by atoms with Gasteiger partial charge in [0, 0.05) is 36.8 Å². The standard InChI is InChI=1S/C22H27N5O2S/c1-15(8-9-20(28)29)24-27-19-7-5-4-6-18(19)23-21(17-14-16(2)30-22(17)27)26-12-10-25(3)11-13-26/h4-7,14H,8-13H2,1-3H3,(H,28,29)/b24-15-. The van der Waals surface area contributed by atoms with E-state index < -0.39 is 5.97 Å². The second kappa shape index (κ2) is 8.57. The van der Waals surface area contributed by atoms with Crippen molar-refractivity contribution in [2.24, 2.45) is 10.1 Å². The van der Waals surface area contributed by atoms with Gasteiger partial charge in [0.1, 0.15) is 10.8 Å². The summed E-state index contributed by atoms with van der Waals surface area (Å²) in [7, 11) is 2.15. The van der Waals surface area contributed by atoms with E-state index >= 15 is 0 Å². The molecule has 0 spiro atoms. The Bertz CT molecular complexity index is 1000. The number of fused-ring (bicyclic) bond motifs is 2. The summed E-state index contributed by atoms with van der Waals surface area (Å²) in [6.45, 7) is 7.88. The van der Waals surface area contributed by atoms with Crippen molar-refractivity contribution in [1.29, 1.82) is 0 Å². The fourth-order valence-corrected chi connectivity index (χ4v) is 4.68. The Kier molecular flexibility index (Phi) is 5.87. The molecule has 2 aliphatic heterocycles. The molecule has 0 unspecified atom stereocenters. The Morgan fingerprint density at radius 1 is 1.20 bits per heavy atom. The molecule has 8 heteroatoms. The third-order valence-corrected chi connectivity index (χ3v) is 6.41. The number of hydrogen-bond acceptors (Lipinski definition) is 7. The van der Waals surface area contributed by atoms with Crippen LogP contribution in [0.3, 0.4) is 0 Å². The third kappa shape index (κ3) is 4.24. The van der Waals surface area contributed by atoms with E-state index in [0.717, 1.165) is 59.7 Å². The van der Waals surface area contributed by atoms with Gasteiger partial charge in [-0.05, 0) is 45.5 Å². The highest BCUT2D eigenvalue weighted by Gasteiger charge is 2.29. The lowest BCUT2D eigenvalue weighted by molar-refractivity contribution is -0.136. The highest BCUT2D eigenvalue weighted by atomic mass is 32.1. The molecular weight excluding hydrogens is 398 g/mol. The zero-order valence-corrected chi connectivity index (χ0v) is 18.4. The number of anilines is 2. The number of aliphatic imine (C=N–C) groups is 1. The van der Waals surface area contributed by atoms with Crippen molar-refractivity contribution < 1.29 is 9.90 Å². The molecule has 0 aliphatic carbocycles. The third-order valence-electron chi connectivity index (χ3n) is 5.38. The second-order valence-corrected chi connectivity index (χ2v) is 9.07. The monoisotopic (exact) mass is 425 g/mol. The number of amidine groups is 1. The number of carboxylic acids is 1. The molecule has 1 N–H and O–H groups in total. The lowest BCUT2D eigenvalue weighted by Gasteiger charge is -2.34. The fraction of sp³-hybridized carbons (Fsp3) is 0.409. The Morgan fingerprint density at radius 3 is 2.67 bits per heavy atom. The normalized spacial score (nSPS) is 17.3. The molecule has 1 aromatic heterocycles. The number of hydrazone groups is 1. The average molecular weight is 426 g/mol. The Balaban J connectivity index is 1.80. The van der Waals surface area contributed by atoms with Crippen LogP contribution in [0.25, 0.3) is 0 Å². The van der Waals surface area contributed by atoms with Crippen LogP contribution in [-0.4, -0.2) is 65.6 Å². The van der Waals surface area contributed by atoms with Crippen molar-refractivity contribution in [2.45, 2.75) is 26.7 Å². The molecular formula is C22H27N5O2S. The predicted octanol–water partition coefficient (Wildman–Crippen LogP) is 4.07. The van der Waals surface area contributed by atoms with Crippen LogP contribution in [0.15, 0.2) is 40.4 Å². The van der Waals surface area contributed by atoms with Gasteiger partial charge in [0.05, 0.1) is 23.4 Å². The maximum Gasteiger partial charge on any atom is 0.303 e. The van der Waals surface area contributed by atoms with Crippen molar-refractivity contribution in [3.8, 4) is 0 Å². The van der Waals surface area contributed by atoms with Gasteiger partial charge < -0.3 is 14.9 Å². The van der Waals surface area contributed by atoms with Gasteiger partial charge in [-0.15, -0.1) is 11.3 Å². The number of aliphatic carboxylic acids is 1. The zero-order valence-electron chi connectivity index (χ0n) is 17.6. The maximum atomic E-state index is 11.0. The smallest absolute Gasteiger partial charge is 0.303 e. The van der Waals surface area contributed by atoms with E-state index in [0.29, 0.717) is 6.42 Å². The van der Waals surface area contributed by atoms with Gasteiger partial charge in [0.2, 0.25) is 0 Å². The fourth-order valence-electron chi connectivity index (χ4n) is 3.71. The molecule has 7 nitrogen and oxygen atoms in total. The molecule has 1 fully saturated rings. The van der Waals surface area contributed by atoms with Crippen molar-refractivity contribution in [3.05, 3.63) is 40.8 Å². The van der Waals surface area contributed by atoms with Crippen LogP contribution in [0.2, 0.25) is 0 Å². The van der Waals surface area contributed by atoms with E-state index in [4.69, 9.17) is 15.2 Å². The van der Waals surface area contributed by atoms with Gasteiger partial charge in [-0.2, -0.15) is 5.10 Å². The van der Waals surface area contributed by atoms with E-state index in [9.17, 15) is 4.79 Å². The Morgan fingerprint density at radius 2 is 1.93 bits per heavy atom. The summed E-state index contributed by atoms with van der Waals surface area (Å²) < 4.78 is 0. The van der Waals surface area contributed by atoms with Crippen molar-refractivity contribution in [1.82, 2.24) is 9.80 Å². The molecule has 0 saturated carbocycles. The van der Waals surface area contributed by atoms with Gasteiger partial charge in [-0.1, -0.05) is 12.1 Å². The van der Waals surface area contributed by atoms with E-state index in [1.807, 2.05) is 36.2 Å². The first-order valence-electron chi connectivity index (χ1n) is 10.2. The molecule has 0 atom stereocenters. The summed E-state index contributed by atoms with van der Waals surface area (Å²) in [5, 5.41) is 16.9. The molecule has 1 saturated heterocycles. The van der Waals surface area contributed by atoms with Crippen LogP contribution in [0.5, 0.6) is 0 Å². The van der Waals surface area contributed by atoms with Crippen LogP contribution >= 0.6 is 11.3 Å². The first-order valence-corrected chi connectivity index (χ1v) is 11.0. The Labute approximate surface area is 180 Å². The highest BCUT2D eigenvalue weighted by Crippen LogP contribution is 2.44. The summed E-state index contributed by atoms with van der Waals surface area (Å²) in [4.78, 5) is 22.0. The molecule has 4 rings (SSSR count). The summed E-state index contributed by atoms with van der Waals surface area (Å²) in [5.41, 5.74) is 3.67. The molecule has 3 heterocycles. The molecule has 158 valence electrons. The molecule has 1 aromatic carbocycles. The summed E-state index contributed by atoms with van der Waals surface area (Å²) >= 11 is 1.69. The number of aryl methyl sites for hydroxylation is 1. The molecule has 0 amide bonds. The molecule has 2 aliphatic rings. The number of nitrogens with zero attached hydrogens (tertiary/aromatic N) is 5. The number of benzene rings is 1. The highest BCUT2D eigenvalue weighted by molar-refractivity contribution is 7.16. The average Bonchev–Trinajstić information content (AvgIpc) is 3.06. The number of para-hydroxylation sites is 2. The van der Waals surface area contributed by atoms with Crippen LogP contribution in [0.4, 0.5) is 16.4 Å². The topological polar surface area (TPSA) is 71.7 Å². The number of rotatable bonds is 4. The van der Waals surface area contributed by atoms with E-state index in [1.165, 1.54) is 4.88 Å². The molecule has 0 radical (unpaired) electrons. The van der Waals surface area contributed by atoms with Crippen LogP contribution in [0, 0.1) is 6.92 Å². The number of piperazine rings is 1.